The van der Waals surface area contributed by atoms with E-state index in [-0.39, 0.29) is 19.0 Å². The number of methoxy groups -OCH3 is 1. The van der Waals surface area contributed by atoms with Gasteiger partial charge in [-0.05, 0) is 57.6 Å². The zero-order chi connectivity index (χ0) is 25.8. The SMILES string of the molecule is C=CC(=O)OCC(COc1ccc(C2(c3ccc(O)cc3)c3ccccc3-c3ccccc32)cc1)OC. The topological polar surface area (TPSA) is 65.0 Å². The molecule has 1 atom stereocenters. The van der Waals surface area contributed by atoms with E-state index in [1.54, 1.807) is 19.2 Å². The number of carbonyl (C=O) groups is 1. The lowest BCUT2D eigenvalue weighted by atomic mass is 9.68. The van der Waals surface area contributed by atoms with E-state index in [0.717, 1.165) is 17.2 Å². The second-order valence-corrected chi connectivity index (χ2v) is 8.92. The largest absolute Gasteiger partial charge is 0.508 e. The van der Waals surface area contributed by atoms with Crippen LogP contribution < -0.4 is 4.74 Å². The van der Waals surface area contributed by atoms with Gasteiger partial charge < -0.3 is 19.3 Å². The van der Waals surface area contributed by atoms with Crippen molar-refractivity contribution >= 4 is 5.97 Å². The number of rotatable bonds is 9. The number of fused-ring (bicyclic) bond motifs is 3. The molecule has 186 valence electrons. The van der Waals surface area contributed by atoms with Crippen LogP contribution >= 0.6 is 0 Å². The number of aromatic hydroxyl groups is 1. The van der Waals surface area contributed by atoms with Crippen LogP contribution in [0, 0.1) is 0 Å². The van der Waals surface area contributed by atoms with E-state index < -0.39 is 17.5 Å². The zero-order valence-corrected chi connectivity index (χ0v) is 20.6. The van der Waals surface area contributed by atoms with Gasteiger partial charge in [-0.1, -0.05) is 79.4 Å². The summed E-state index contributed by atoms with van der Waals surface area (Å²) in [5, 5.41) is 10.0. The Morgan fingerprint density at radius 2 is 1.38 bits per heavy atom. The highest BCUT2D eigenvalue weighted by Crippen LogP contribution is 2.56. The van der Waals surface area contributed by atoms with Gasteiger partial charge in [-0.3, -0.25) is 0 Å². The van der Waals surface area contributed by atoms with Crippen LogP contribution in [0.5, 0.6) is 11.5 Å². The second kappa shape index (κ2) is 10.3. The lowest BCUT2D eigenvalue weighted by molar-refractivity contribution is -0.141. The minimum atomic E-state index is -0.548. The zero-order valence-electron chi connectivity index (χ0n) is 20.6. The van der Waals surface area contributed by atoms with Gasteiger partial charge in [-0.2, -0.15) is 0 Å². The molecule has 0 aromatic heterocycles. The Morgan fingerprint density at radius 1 is 0.838 bits per heavy atom. The fourth-order valence-corrected chi connectivity index (χ4v) is 5.14. The average Bonchev–Trinajstić information content (AvgIpc) is 3.25. The van der Waals surface area contributed by atoms with Crippen molar-refractivity contribution in [2.24, 2.45) is 0 Å². The van der Waals surface area contributed by atoms with E-state index in [2.05, 4.69) is 67.2 Å². The van der Waals surface area contributed by atoms with Crippen LogP contribution in [0.1, 0.15) is 22.3 Å². The summed E-state index contributed by atoms with van der Waals surface area (Å²) < 4.78 is 16.4. The fourth-order valence-electron chi connectivity index (χ4n) is 5.14. The number of benzene rings is 4. The molecule has 0 spiro atoms. The molecule has 0 amide bonds. The normalized spacial score (nSPS) is 13.8. The number of phenols is 1. The highest BCUT2D eigenvalue weighted by atomic mass is 16.6. The highest BCUT2D eigenvalue weighted by molar-refractivity contribution is 5.86. The Morgan fingerprint density at radius 3 is 1.92 bits per heavy atom. The predicted octanol–water partition coefficient (Wildman–Crippen LogP) is 5.88. The molecule has 4 aromatic rings. The first kappa shape index (κ1) is 24.3. The summed E-state index contributed by atoms with van der Waals surface area (Å²) in [4.78, 5) is 11.4. The summed E-state index contributed by atoms with van der Waals surface area (Å²) in [6.07, 6.45) is 0.718. The third kappa shape index (κ3) is 4.39. The molecule has 0 saturated heterocycles. The predicted molar refractivity (Wildman–Crippen MR) is 143 cm³/mol. The van der Waals surface area contributed by atoms with Gasteiger partial charge in [0, 0.05) is 13.2 Å². The number of ether oxygens (including phenoxy) is 3. The third-order valence-corrected chi connectivity index (χ3v) is 6.89. The average molecular weight is 493 g/mol. The first-order valence-electron chi connectivity index (χ1n) is 12.1. The van der Waals surface area contributed by atoms with Crippen LogP contribution in [-0.2, 0) is 19.7 Å². The van der Waals surface area contributed by atoms with E-state index in [9.17, 15) is 9.90 Å². The molecule has 0 aliphatic heterocycles. The van der Waals surface area contributed by atoms with Gasteiger partial charge >= 0.3 is 5.97 Å². The third-order valence-electron chi connectivity index (χ3n) is 6.89. The molecule has 4 aromatic carbocycles. The molecule has 1 aliphatic rings. The molecular weight excluding hydrogens is 464 g/mol. The molecular formula is C32H28O5. The minimum Gasteiger partial charge on any atom is -0.508 e. The lowest BCUT2D eigenvalue weighted by Crippen LogP contribution is -2.28. The quantitative estimate of drug-likeness (QED) is 0.206. The Kier molecular flexibility index (Phi) is 6.80. The van der Waals surface area contributed by atoms with Crippen molar-refractivity contribution in [3.63, 3.8) is 0 Å². The van der Waals surface area contributed by atoms with E-state index in [0.29, 0.717) is 5.75 Å². The first-order chi connectivity index (χ1) is 18.1. The number of carbonyl (C=O) groups excluding carboxylic acids is 1. The van der Waals surface area contributed by atoms with Crippen molar-refractivity contribution in [2.45, 2.75) is 11.5 Å². The van der Waals surface area contributed by atoms with Crippen molar-refractivity contribution < 1.29 is 24.1 Å². The Balaban J connectivity index is 1.52. The number of phenolic OH excluding ortho intramolecular Hbond substituents is 1. The van der Waals surface area contributed by atoms with E-state index in [4.69, 9.17) is 14.2 Å². The molecule has 5 nitrogen and oxygen atoms in total. The highest BCUT2D eigenvalue weighted by Gasteiger charge is 2.45. The summed E-state index contributed by atoms with van der Waals surface area (Å²) in [6, 6.07) is 32.5. The molecule has 0 heterocycles. The minimum absolute atomic E-state index is 0.0803. The van der Waals surface area contributed by atoms with Crippen molar-refractivity contribution in [3.05, 3.63) is 132 Å². The molecule has 0 fully saturated rings. The molecule has 5 rings (SSSR count). The van der Waals surface area contributed by atoms with E-state index in [1.165, 1.54) is 22.3 Å². The van der Waals surface area contributed by atoms with Crippen LogP contribution in [0.15, 0.2) is 110 Å². The van der Waals surface area contributed by atoms with Crippen molar-refractivity contribution in [1.29, 1.82) is 0 Å². The van der Waals surface area contributed by atoms with Gasteiger partial charge in [0.1, 0.15) is 30.8 Å². The molecule has 37 heavy (non-hydrogen) atoms. The van der Waals surface area contributed by atoms with Gasteiger partial charge in [-0.15, -0.1) is 0 Å². The number of hydrogen-bond donors (Lipinski definition) is 1. The standard InChI is InChI=1S/C32H28O5/c1-3-31(34)37-21-26(35-2)20-36-25-18-14-23(15-19-25)32(22-12-16-24(33)17-13-22)29-10-6-4-8-27(29)28-9-5-7-11-30(28)32/h3-19,26,33H,1,20-21H2,2H3. The van der Waals surface area contributed by atoms with Gasteiger partial charge in [0.15, 0.2) is 0 Å². The molecule has 0 bridgehead atoms. The van der Waals surface area contributed by atoms with Gasteiger partial charge in [0.2, 0.25) is 0 Å². The van der Waals surface area contributed by atoms with Crippen molar-refractivity contribution in [1.82, 2.24) is 0 Å². The Labute approximate surface area is 216 Å². The fraction of sp³-hybridized carbons (Fsp3) is 0.156. The monoisotopic (exact) mass is 492 g/mol. The van der Waals surface area contributed by atoms with E-state index >= 15 is 0 Å². The van der Waals surface area contributed by atoms with Crippen LogP contribution in [0.3, 0.4) is 0 Å². The molecule has 5 heteroatoms. The maximum Gasteiger partial charge on any atom is 0.330 e. The summed E-state index contributed by atoms with van der Waals surface area (Å²) >= 11 is 0. The van der Waals surface area contributed by atoms with Crippen LogP contribution in [-0.4, -0.2) is 37.5 Å². The van der Waals surface area contributed by atoms with Crippen LogP contribution in [0.25, 0.3) is 11.1 Å². The summed E-state index contributed by atoms with van der Waals surface area (Å²) in [6.45, 7) is 3.71. The first-order valence-corrected chi connectivity index (χ1v) is 12.1. The van der Waals surface area contributed by atoms with Crippen LogP contribution in [0.4, 0.5) is 0 Å². The van der Waals surface area contributed by atoms with Crippen molar-refractivity contribution in [3.8, 4) is 22.6 Å². The van der Waals surface area contributed by atoms with Gasteiger partial charge in [0.25, 0.3) is 0 Å². The summed E-state index contributed by atoms with van der Waals surface area (Å²) in [5.74, 6) is 0.415. The smallest absolute Gasteiger partial charge is 0.330 e. The molecule has 0 saturated carbocycles. The molecule has 1 aliphatic carbocycles. The molecule has 0 radical (unpaired) electrons. The maximum absolute atomic E-state index is 11.4. The second-order valence-electron chi connectivity index (χ2n) is 8.92. The Hall–Kier alpha value is -4.35. The van der Waals surface area contributed by atoms with Gasteiger partial charge in [-0.25, -0.2) is 4.79 Å². The summed E-state index contributed by atoms with van der Waals surface area (Å²) in [7, 11) is 1.55. The molecule has 1 unspecified atom stereocenters. The van der Waals surface area contributed by atoms with Gasteiger partial charge in [0.05, 0.1) is 5.41 Å². The van der Waals surface area contributed by atoms with Crippen molar-refractivity contribution in [2.75, 3.05) is 20.3 Å². The molecule has 1 N–H and O–H groups in total. The van der Waals surface area contributed by atoms with E-state index in [1.807, 2.05) is 24.3 Å². The number of hydrogen-bond acceptors (Lipinski definition) is 5. The lowest BCUT2D eigenvalue weighted by Gasteiger charge is -2.34. The van der Waals surface area contributed by atoms with Crippen LogP contribution in [0.2, 0.25) is 0 Å². The Bertz CT molecular complexity index is 1360. The maximum atomic E-state index is 11.4. The number of esters is 1. The summed E-state index contributed by atoms with van der Waals surface area (Å²) in [5.41, 5.74) is 6.39.